The molecule has 0 amide bonds. The Hall–Kier alpha value is -2.70. The minimum atomic E-state index is -0.875. The zero-order chi connectivity index (χ0) is 34.6. The van der Waals surface area contributed by atoms with Crippen LogP contribution in [0.25, 0.3) is 0 Å². The predicted molar refractivity (Wildman–Crippen MR) is 177 cm³/mol. The van der Waals surface area contributed by atoms with Crippen molar-refractivity contribution in [1.82, 2.24) is 5.32 Å². The SMILES string of the molecule is C/C(NC(C)C)=C(\C#N)C(=O)c1ccc(Cl)c(Cl)c1.CC(C)N.COC(C)(OC)OC.N#CCC(=O)c1ccc(Cl)c(Cl)c1. The van der Waals surface area contributed by atoms with Gasteiger partial charge in [0.1, 0.15) is 11.6 Å². The van der Waals surface area contributed by atoms with Gasteiger partial charge in [0, 0.05) is 51.1 Å². The lowest BCUT2D eigenvalue weighted by molar-refractivity contribution is -0.340. The summed E-state index contributed by atoms with van der Waals surface area (Å²) < 4.78 is 14.4. The molecule has 2 aromatic carbocycles. The molecule has 0 fully saturated rings. The molecular weight excluding hydrogens is 650 g/mol. The van der Waals surface area contributed by atoms with Crippen molar-refractivity contribution >= 4 is 58.0 Å². The van der Waals surface area contributed by atoms with E-state index in [-0.39, 0.29) is 29.6 Å². The second-order valence-electron chi connectivity index (χ2n) is 9.47. The highest BCUT2D eigenvalue weighted by atomic mass is 35.5. The molecule has 0 atom stereocenters. The van der Waals surface area contributed by atoms with E-state index in [9.17, 15) is 9.59 Å². The predicted octanol–water partition coefficient (Wildman–Crippen LogP) is 8.01. The van der Waals surface area contributed by atoms with Crippen molar-refractivity contribution in [2.24, 2.45) is 5.73 Å². The Labute approximate surface area is 280 Å². The van der Waals surface area contributed by atoms with E-state index in [0.29, 0.717) is 43.0 Å². The first-order chi connectivity index (χ1) is 20.4. The van der Waals surface area contributed by atoms with Crippen LogP contribution in [0.1, 0.15) is 68.7 Å². The lowest BCUT2D eigenvalue weighted by Crippen LogP contribution is -2.31. The quantitative estimate of drug-likeness (QED) is 0.116. The molecule has 0 aromatic heterocycles. The van der Waals surface area contributed by atoms with Crippen LogP contribution in [0, 0.1) is 22.7 Å². The zero-order valence-electron chi connectivity index (χ0n) is 26.4. The second kappa shape index (κ2) is 22.8. The molecule has 13 heteroatoms. The maximum Gasteiger partial charge on any atom is 0.279 e. The molecular formula is C31H40Cl4N4O5. The van der Waals surface area contributed by atoms with Crippen molar-refractivity contribution in [2.75, 3.05) is 21.3 Å². The molecule has 0 saturated heterocycles. The number of carbonyl (C=O) groups is 2. The number of hydrogen-bond acceptors (Lipinski definition) is 9. The van der Waals surface area contributed by atoms with Crippen LogP contribution >= 0.6 is 46.4 Å². The number of rotatable bonds is 9. The van der Waals surface area contributed by atoms with Gasteiger partial charge in [-0.1, -0.05) is 60.3 Å². The van der Waals surface area contributed by atoms with Gasteiger partial charge in [0.15, 0.2) is 5.78 Å². The summed E-state index contributed by atoms with van der Waals surface area (Å²) in [5.74, 6) is -1.49. The molecule has 0 aliphatic heterocycles. The van der Waals surface area contributed by atoms with Crippen molar-refractivity contribution < 1.29 is 23.8 Å². The van der Waals surface area contributed by atoms with Crippen molar-refractivity contribution in [1.29, 1.82) is 10.5 Å². The molecule has 9 nitrogen and oxygen atoms in total. The van der Waals surface area contributed by atoms with E-state index in [1.54, 1.807) is 32.0 Å². The highest BCUT2D eigenvalue weighted by Gasteiger charge is 2.20. The minimum Gasteiger partial charge on any atom is -0.385 e. The smallest absolute Gasteiger partial charge is 0.279 e. The maximum atomic E-state index is 12.2. The fourth-order valence-corrected chi connectivity index (χ4v) is 3.28. The number of methoxy groups -OCH3 is 3. The topological polar surface area (TPSA) is 147 Å². The van der Waals surface area contributed by atoms with Gasteiger partial charge in [-0.3, -0.25) is 9.59 Å². The van der Waals surface area contributed by atoms with E-state index in [0.717, 1.165) is 0 Å². The van der Waals surface area contributed by atoms with Gasteiger partial charge in [-0.05, 0) is 63.2 Å². The third-order valence-corrected chi connectivity index (χ3v) is 6.47. The average Bonchev–Trinajstić information content (AvgIpc) is 2.96. The number of carbonyl (C=O) groups excluding carboxylic acids is 2. The van der Waals surface area contributed by atoms with Gasteiger partial charge < -0.3 is 25.3 Å². The number of allylic oxidation sites excluding steroid dienone is 2. The number of ketones is 2. The van der Waals surface area contributed by atoms with Gasteiger partial charge in [0.05, 0.1) is 32.6 Å². The monoisotopic (exact) mass is 688 g/mol. The van der Waals surface area contributed by atoms with E-state index in [4.69, 9.17) is 76.9 Å². The third kappa shape index (κ3) is 17.6. The number of hydrogen-bond donors (Lipinski definition) is 2. The second-order valence-corrected chi connectivity index (χ2v) is 11.1. The molecule has 0 aliphatic carbocycles. The number of nitriles is 2. The number of benzene rings is 2. The van der Waals surface area contributed by atoms with E-state index >= 15 is 0 Å². The summed E-state index contributed by atoms with van der Waals surface area (Å²) in [6.07, 6.45) is -0.141. The van der Waals surface area contributed by atoms with Crippen LogP contribution in [0.15, 0.2) is 47.7 Å². The van der Waals surface area contributed by atoms with Crippen molar-refractivity contribution in [3.8, 4) is 12.1 Å². The van der Waals surface area contributed by atoms with Crippen LogP contribution < -0.4 is 11.1 Å². The van der Waals surface area contributed by atoms with Gasteiger partial charge in [0.2, 0.25) is 5.78 Å². The number of nitrogens with one attached hydrogen (secondary N) is 1. The van der Waals surface area contributed by atoms with Crippen LogP contribution in [-0.4, -0.2) is 51.0 Å². The van der Waals surface area contributed by atoms with Gasteiger partial charge in [-0.25, -0.2) is 0 Å². The molecule has 0 heterocycles. The van der Waals surface area contributed by atoms with Crippen LogP contribution in [0.3, 0.4) is 0 Å². The number of nitrogens with two attached hydrogens (primary N) is 1. The van der Waals surface area contributed by atoms with Gasteiger partial charge in [-0.15, -0.1) is 0 Å². The average molecular weight is 690 g/mol. The van der Waals surface area contributed by atoms with E-state index in [2.05, 4.69) is 5.32 Å². The van der Waals surface area contributed by atoms with Crippen LogP contribution in [0.4, 0.5) is 0 Å². The number of halogens is 4. The van der Waals surface area contributed by atoms with Gasteiger partial charge >= 0.3 is 0 Å². The highest BCUT2D eigenvalue weighted by molar-refractivity contribution is 6.42. The largest absolute Gasteiger partial charge is 0.385 e. The first-order valence-electron chi connectivity index (χ1n) is 13.1. The summed E-state index contributed by atoms with van der Waals surface area (Å²) in [6, 6.07) is 13.3. The van der Waals surface area contributed by atoms with Crippen LogP contribution in [-0.2, 0) is 14.2 Å². The molecule has 3 N–H and O–H groups in total. The van der Waals surface area contributed by atoms with Crippen molar-refractivity contribution in [2.45, 2.75) is 66.0 Å². The Morgan fingerprint density at radius 1 is 0.864 bits per heavy atom. The lowest BCUT2D eigenvalue weighted by Gasteiger charge is -2.23. The van der Waals surface area contributed by atoms with E-state index in [1.807, 2.05) is 33.8 Å². The highest BCUT2D eigenvalue weighted by Crippen LogP contribution is 2.24. The molecule has 0 spiro atoms. The van der Waals surface area contributed by atoms with Crippen LogP contribution in [0.5, 0.6) is 0 Å². The molecule has 0 bridgehead atoms. The summed E-state index contributed by atoms with van der Waals surface area (Å²) in [6.45, 7) is 11.1. The Morgan fingerprint density at radius 2 is 1.27 bits per heavy atom. The zero-order valence-corrected chi connectivity index (χ0v) is 29.4. The van der Waals surface area contributed by atoms with E-state index < -0.39 is 5.97 Å². The minimum absolute atomic E-state index is 0.0760. The Balaban J connectivity index is 0. The van der Waals surface area contributed by atoms with Gasteiger partial charge in [-0.2, -0.15) is 10.5 Å². The fourth-order valence-electron chi connectivity index (χ4n) is 2.69. The summed E-state index contributed by atoms with van der Waals surface area (Å²) in [5, 5.41) is 21.9. The number of Topliss-reactive ketones (excluding diaryl/α,β-unsaturated/α-hetero) is 2. The molecule has 2 rings (SSSR count). The molecule has 0 saturated carbocycles. The molecule has 0 radical (unpaired) electrons. The molecule has 44 heavy (non-hydrogen) atoms. The Bertz CT molecular complexity index is 1320. The van der Waals surface area contributed by atoms with Crippen LogP contribution in [0.2, 0.25) is 20.1 Å². The van der Waals surface area contributed by atoms with Gasteiger partial charge in [0.25, 0.3) is 5.97 Å². The Morgan fingerprint density at radius 3 is 1.59 bits per heavy atom. The summed E-state index contributed by atoms with van der Waals surface area (Å²) in [5.41, 5.74) is 6.49. The standard InChI is InChI=1S/C14H14Cl2N2O.C9H5Cl2NO.C5H12O3.C3H9N/c1-8(2)18-9(3)11(7-17)14(19)10-4-5-12(15)13(16)6-10;10-7-2-1-6(5-8(7)11)9(13)3-4-12;1-5(6-2,7-3)8-4;1-3(2)4/h4-6,8,18H,1-3H3;1-2,5H,3H2;1-4H3;3H,4H2,1-2H3/b11-9-;;;. The fraction of sp³-hybridized carbons (Fsp3) is 0.419. The molecule has 2 aromatic rings. The number of ether oxygens (including phenoxy) is 3. The molecule has 242 valence electrons. The summed E-state index contributed by atoms with van der Waals surface area (Å²) in [7, 11) is 4.56. The molecule has 0 aliphatic rings. The van der Waals surface area contributed by atoms with E-state index in [1.165, 1.54) is 45.6 Å². The third-order valence-electron chi connectivity index (χ3n) is 4.99. The van der Waals surface area contributed by atoms with Crippen molar-refractivity contribution in [3.63, 3.8) is 0 Å². The number of nitrogens with zero attached hydrogens (tertiary/aromatic N) is 2. The lowest BCUT2D eigenvalue weighted by atomic mass is 10.0. The van der Waals surface area contributed by atoms with Crippen molar-refractivity contribution in [3.05, 3.63) is 78.9 Å². The Kier molecular flexibility index (Phi) is 22.5. The molecule has 0 unspecified atom stereocenters. The first kappa shape index (κ1) is 43.4. The summed E-state index contributed by atoms with van der Waals surface area (Å²) in [4.78, 5) is 23.4. The summed E-state index contributed by atoms with van der Waals surface area (Å²) >= 11 is 23.0. The normalized spacial score (nSPS) is 10.9. The maximum absolute atomic E-state index is 12.2. The first-order valence-corrected chi connectivity index (χ1v) is 14.6.